The average Bonchev–Trinajstić information content (AvgIpc) is 2.98. The Hall–Kier alpha value is -1.04. The van der Waals surface area contributed by atoms with E-state index in [1.807, 2.05) is 11.8 Å². The van der Waals surface area contributed by atoms with E-state index in [0.717, 1.165) is 31.5 Å². The van der Waals surface area contributed by atoms with E-state index in [0.29, 0.717) is 0 Å². The summed E-state index contributed by atoms with van der Waals surface area (Å²) in [6, 6.07) is 0. The van der Waals surface area contributed by atoms with Crippen LogP contribution >= 0.6 is 11.8 Å². The first kappa shape index (κ1) is 12.0. The molecule has 1 amide bonds. The van der Waals surface area contributed by atoms with Crippen LogP contribution in [0.2, 0.25) is 0 Å². The Kier molecular flexibility index (Phi) is 3.05. The zero-order chi connectivity index (χ0) is 12.6. The summed E-state index contributed by atoms with van der Waals surface area (Å²) in [6.07, 6.45) is 4.43. The lowest BCUT2D eigenvalue weighted by molar-refractivity contribution is 0.0555. The minimum absolute atomic E-state index is 0.00213. The summed E-state index contributed by atoms with van der Waals surface area (Å²) in [6.45, 7) is 1.49. The standard InChI is InChI=1S/C12H16FN3OS/c13-9-6-14-15-10(9)11(17)16-4-1-2-12(7-16)3-5-18-8-12/h6H,1-5,7-8H2,(H,14,15). The van der Waals surface area contributed by atoms with Crippen LogP contribution in [0.5, 0.6) is 0 Å². The van der Waals surface area contributed by atoms with Gasteiger partial charge in [0.1, 0.15) is 0 Å². The number of hydrogen-bond acceptors (Lipinski definition) is 3. The number of H-pyrrole nitrogens is 1. The maximum Gasteiger partial charge on any atom is 0.274 e. The van der Waals surface area contributed by atoms with Gasteiger partial charge >= 0.3 is 0 Å². The van der Waals surface area contributed by atoms with E-state index < -0.39 is 5.82 Å². The molecule has 1 spiro atoms. The second-order valence-electron chi connectivity index (χ2n) is 5.23. The number of nitrogens with one attached hydrogen (secondary N) is 1. The topological polar surface area (TPSA) is 49.0 Å². The predicted octanol–water partition coefficient (Wildman–Crippen LogP) is 1.91. The van der Waals surface area contributed by atoms with Crippen molar-refractivity contribution in [2.45, 2.75) is 19.3 Å². The Bertz CT molecular complexity index is 456. The molecule has 0 aromatic carbocycles. The van der Waals surface area contributed by atoms with Crippen LogP contribution in [0.1, 0.15) is 29.8 Å². The molecule has 18 heavy (non-hydrogen) atoms. The molecule has 2 saturated heterocycles. The fourth-order valence-electron chi connectivity index (χ4n) is 2.93. The van der Waals surface area contributed by atoms with Crippen molar-refractivity contribution in [1.29, 1.82) is 0 Å². The second-order valence-corrected chi connectivity index (χ2v) is 6.33. The summed E-state index contributed by atoms with van der Waals surface area (Å²) in [5.41, 5.74) is 0.271. The highest BCUT2D eigenvalue weighted by atomic mass is 32.2. The van der Waals surface area contributed by atoms with E-state index in [4.69, 9.17) is 0 Å². The highest BCUT2D eigenvalue weighted by Gasteiger charge is 2.40. The second kappa shape index (κ2) is 4.57. The Morgan fingerprint density at radius 1 is 1.56 bits per heavy atom. The van der Waals surface area contributed by atoms with Crippen LogP contribution in [0.25, 0.3) is 0 Å². The molecule has 1 unspecified atom stereocenters. The lowest BCUT2D eigenvalue weighted by Crippen LogP contribution is -2.46. The highest BCUT2D eigenvalue weighted by molar-refractivity contribution is 7.99. The van der Waals surface area contributed by atoms with Gasteiger partial charge in [0.05, 0.1) is 6.20 Å². The van der Waals surface area contributed by atoms with Gasteiger partial charge in [-0.15, -0.1) is 0 Å². The first-order chi connectivity index (χ1) is 8.70. The Morgan fingerprint density at radius 2 is 2.44 bits per heavy atom. The number of aromatic amines is 1. The molecule has 1 aromatic heterocycles. The molecule has 2 aliphatic rings. The van der Waals surface area contributed by atoms with E-state index >= 15 is 0 Å². The summed E-state index contributed by atoms with van der Waals surface area (Å²) in [5, 5.41) is 6.04. The monoisotopic (exact) mass is 269 g/mol. The van der Waals surface area contributed by atoms with Crippen LogP contribution in [-0.2, 0) is 0 Å². The van der Waals surface area contributed by atoms with E-state index in [9.17, 15) is 9.18 Å². The van der Waals surface area contributed by atoms with Gasteiger partial charge < -0.3 is 4.90 Å². The van der Waals surface area contributed by atoms with Crippen molar-refractivity contribution in [3.63, 3.8) is 0 Å². The molecule has 0 saturated carbocycles. The van der Waals surface area contributed by atoms with E-state index in [2.05, 4.69) is 10.2 Å². The molecule has 1 N–H and O–H groups in total. The zero-order valence-corrected chi connectivity index (χ0v) is 10.9. The first-order valence-corrected chi connectivity index (χ1v) is 7.42. The number of thioether (sulfide) groups is 1. The van der Waals surface area contributed by atoms with Crippen LogP contribution in [-0.4, -0.2) is 45.6 Å². The van der Waals surface area contributed by atoms with Crippen molar-refractivity contribution in [2.75, 3.05) is 24.6 Å². The molecule has 6 heteroatoms. The third-order valence-corrected chi connectivity index (χ3v) is 5.25. The highest BCUT2D eigenvalue weighted by Crippen LogP contribution is 2.42. The third kappa shape index (κ3) is 2.02. The van der Waals surface area contributed by atoms with Gasteiger partial charge in [0, 0.05) is 18.8 Å². The van der Waals surface area contributed by atoms with Gasteiger partial charge in [-0.2, -0.15) is 16.9 Å². The van der Waals surface area contributed by atoms with Crippen molar-refractivity contribution in [2.24, 2.45) is 5.41 Å². The van der Waals surface area contributed by atoms with Crippen LogP contribution in [0.15, 0.2) is 6.20 Å². The molecule has 3 heterocycles. The molecule has 0 bridgehead atoms. The zero-order valence-electron chi connectivity index (χ0n) is 10.1. The SMILES string of the molecule is O=C(c1[nH]ncc1F)N1CCCC2(CCSC2)C1. The fraction of sp³-hybridized carbons (Fsp3) is 0.667. The minimum Gasteiger partial charge on any atom is -0.337 e. The fourth-order valence-corrected chi connectivity index (χ4v) is 4.47. The molecular weight excluding hydrogens is 253 g/mol. The number of halogens is 1. The number of likely N-dealkylation sites (tertiary alicyclic amines) is 1. The van der Waals surface area contributed by atoms with Gasteiger partial charge in [0.15, 0.2) is 11.5 Å². The number of aromatic nitrogens is 2. The summed E-state index contributed by atoms with van der Waals surface area (Å²) >= 11 is 1.96. The predicted molar refractivity (Wildman–Crippen MR) is 68.1 cm³/mol. The summed E-state index contributed by atoms with van der Waals surface area (Å²) in [4.78, 5) is 14.0. The molecule has 2 aliphatic heterocycles. The number of amides is 1. The largest absolute Gasteiger partial charge is 0.337 e. The van der Waals surface area contributed by atoms with Crippen molar-refractivity contribution in [1.82, 2.24) is 15.1 Å². The van der Waals surface area contributed by atoms with Gasteiger partial charge in [-0.1, -0.05) is 0 Å². The van der Waals surface area contributed by atoms with E-state index in [1.54, 1.807) is 4.90 Å². The number of nitrogens with zero attached hydrogens (tertiary/aromatic N) is 2. The maximum absolute atomic E-state index is 13.4. The molecule has 4 nitrogen and oxygen atoms in total. The number of carbonyl (C=O) groups is 1. The van der Waals surface area contributed by atoms with Crippen molar-refractivity contribution >= 4 is 17.7 Å². The molecule has 3 rings (SSSR count). The molecule has 1 aromatic rings. The van der Waals surface area contributed by atoms with Crippen LogP contribution < -0.4 is 0 Å². The molecular formula is C12H16FN3OS. The normalized spacial score (nSPS) is 27.9. The lowest BCUT2D eigenvalue weighted by Gasteiger charge is -2.39. The van der Waals surface area contributed by atoms with Crippen LogP contribution in [0.4, 0.5) is 4.39 Å². The van der Waals surface area contributed by atoms with Crippen LogP contribution in [0, 0.1) is 11.2 Å². The lowest BCUT2D eigenvalue weighted by atomic mass is 9.79. The van der Waals surface area contributed by atoms with Gasteiger partial charge in [0.25, 0.3) is 5.91 Å². The molecule has 0 aliphatic carbocycles. The average molecular weight is 269 g/mol. The van der Waals surface area contributed by atoms with Gasteiger partial charge in [-0.05, 0) is 30.4 Å². The van der Waals surface area contributed by atoms with E-state index in [1.165, 1.54) is 18.6 Å². The molecule has 2 fully saturated rings. The first-order valence-electron chi connectivity index (χ1n) is 6.26. The molecule has 0 radical (unpaired) electrons. The summed E-state index contributed by atoms with van der Waals surface area (Å²) in [5.74, 6) is 1.50. The smallest absolute Gasteiger partial charge is 0.274 e. The Labute approximate surface area is 109 Å². The Balaban J connectivity index is 1.76. The number of piperidine rings is 1. The van der Waals surface area contributed by atoms with Crippen molar-refractivity contribution < 1.29 is 9.18 Å². The molecule has 1 atom stereocenters. The number of hydrogen-bond donors (Lipinski definition) is 1. The Morgan fingerprint density at radius 3 is 3.11 bits per heavy atom. The maximum atomic E-state index is 13.4. The quantitative estimate of drug-likeness (QED) is 0.847. The van der Waals surface area contributed by atoms with Crippen molar-refractivity contribution in [3.05, 3.63) is 17.7 Å². The number of rotatable bonds is 1. The third-order valence-electron chi connectivity index (χ3n) is 3.94. The van der Waals surface area contributed by atoms with Crippen LogP contribution in [0.3, 0.4) is 0 Å². The van der Waals surface area contributed by atoms with Gasteiger partial charge in [0.2, 0.25) is 0 Å². The molecule has 98 valence electrons. The summed E-state index contributed by atoms with van der Waals surface area (Å²) < 4.78 is 13.4. The van der Waals surface area contributed by atoms with E-state index in [-0.39, 0.29) is 17.0 Å². The minimum atomic E-state index is -0.555. The van der Waals surface area contributed by atoms with Gasteiger partial charge in [-0.25, -0.2) is 4.39 Å². The van der Waals surface area contributed by atoms with Gasteiger partial charge in [-0.3, -0.25) is 9.89 Å². The number of carbonyl (C=O) groups excluding carboxylic acids is 1. The summed E-state index contributed by atoms with van der Waals surface area (Å²) in [7, 11) is 0. The van der Waals surface area contributed by atoms with Crippen molar-refractivity contribution in [3.8, 4) is 0 Å².